The number of hydrogen-bond acceptors (Lipinski definition) is 4. The van der Waals surface area contributed by atoms with Gasteiger partial charge in [0.25, 0.3) is 0 Å². The molecule has 0 spiro atoms. The van der Waals surface area contributed by atoms with Crippen LogP contribution in [0.15, 0.2) is 29.6 Å². The number of nitrogens with two attached hydrogens (primary N) is 1. The van der Waals surface area contributed by atoms with Crippen LogP contribution >= 0.6 is 11.3 Å². The van der Waals surface area contributed by atoms with Crippen molar-refractivity contribution in [1.82, 2.24) is 4.98 Å². The Hall–Kier alpha value is -1.39. The molecule has 84 valence electrons. The van der Waals surface area contributed by atoms with Gasteiger partial charge in [0, 0.05) is 17.5 Å². The summed E-state index contributed by atoms with van der Waals surface area (Å²) in [4.78, 5) is 4.44. The van der Waals surface area contributed by atoms with Crippen LogP contribution in [0.5, 0.6) is 5.75 Å². The lowest BCUT2D eigenvalue weighted by molar-refractivity contribution is 0.340. The SMILES string of the molecule is CCOc1cccc(-c2csc(CN)n2)c1. The van der Waals surface area contributed by atoms with Gasteiger partial charge in [-0.2, -0.15) is 0 Å². The molecule has 1 heterocycles. The molecule has 0 unspecified atom stereocenters. The van der Waals surface area contributed by atoms with Crippen molar-refractivity contribution in [3.05, 3.63) is 34.7 Å². The van der Waals surface area contributed by atoms with Gasteiger partial charge < -0.3 is 10.5 Å². The fraction of sp³-hybridized carbons (Fsp3) is 0.250. The maximum absolute atomic E-state index is 5.54. The molecule has 0 saturated heterocycles. The molecule has 1 aromatic carbocycles. The van der Waals surface area contributed by atoms with Gasteiger partial charge in [0.05, 0.1) is 12.3 Å². The maximum atomic E-state index is 5.54. The van der Waals surface area contributed by atoms with Gasteiger partial charge in [-0.25, -0.2) is 4.98 Å². The molecule has 3 nitrogen and oxygen atoms in total. The van der Waals surface area contributed by atoms with Crippen molar-refractivity contribution in [2.24, 2.45) is 5.73 Å². The minimum absolute atomic E-state index is 0.496. The van der Waals surface area contributed by atoms with Crippen LogP contribution in [-0.2, 0) is 6.54 Å². The molecule has 2 aromatic rings. The van der Waals surface area contributed by atoms with E-state index in [2.05, 4.69) is 4.98 Å². The fourth-order valence-corrected chi connectivity index (χ4v) is 2.13. The summed E-state index contributed by atoms with van der Waals surface area (Å²) in [6.45, 7) is 3.15. The van der Waals surface area contributed by atoms with Gasteiger partial charge in [0.2, 0.25) is 0 Å². The van der Waals surface area contributed by atoms with Crippen molar-refractivity contribution >= 4 is 11.3 Å². The van der Waals surface area contributed by atoms with E-state index in [0.29, 0.717) is 13.2 Å². The van der Waals surface area contributed by atoms with Crippen LogP contribution in [0.4, 0.5) is 0 Å². The van der Waals surface area contributed by atoms with Gasteiger partial charge in [0.1, 0.15) is 10.8 Å². The molecule has 0 radical (unpaired) electrons. The molecule has 0 atom stereocenters. The van der Waals surface area contributed by atoms with E-state index >= 15 is 0 Å². The summed E-state index contributed by atoms with van der Waals surface area (Å²) in [6.07, 6.45) is 0. The number of benzene rings is 1. The van der Waals surface area contributed by atoms with Gasteiger partial charge in [-0.05, 0) is 19.1 Å². The third kappa shape index (κ3) is 2.40. The minimum Gasteiger partial charge on any atom is -0.494 e. The summed E-state index contributed by atoms with van der Waals surface area (Å²) < 4.78 is 5.45. The Bertz CT molecular complexity index is 468. The van der Waals surface area contributed by atoms with Crippen LogP contribution in [0.2, 0.25) is 0 Å². The van der Waals surface area contributed by atoms with Crippen molar-refractivity contribution in [1.29, 1.82) is 0 Å². The predicted octanol–water partition coefficient (Wildman–Crippen LogP) is 2.67. The molecule has 0 aliphatic heterocycles. The summed E-state index contributed by atoms with van der Waals surface area (Å²) >= 11 is 1.59. The molecule has 2 N–H and O–H groups in total. The highest BCUT2D eigenvalue weighted by Gasteiger charge is 2.04. The quantitative estimate of drug-likeness (QED) is 0.884. The van der Waals surface area contributed by atoms with Gasteiger partial charge >= 0.3 is 0 Å². The van der Waals surface area contributed by atoms with Crippen molar-refractivity contribution in [2.75, 3.05) is 6.61 Å². The molecule has 2 rings (SSSR count). The van der Waals surface area contributed by atoms with Crippen molar-refractivity contribution in [3.63, 3.8) is 0 Å². The molecule has 0 bridgehead atoms. The van der Waals surface area contributed by atoms with Crippen LogP contribution in [0, 0.1) is 0 Å². The van der Waals surface area contributed by atoms with Gasteiger partial charge in [0.15, 0.2) is 0 Å². The van der Waals surface area contributed by atoms with Crippen LogP contribution in [0.25, 0.3) is 11.3 Å². The first-order valence-corrected chi connectivity index (χ1v) is 6.09. The summed E-state index contributed by atoms with van der Waals surface area (Å²) in [5.74, 6) is 0.877. The number of thiazole rings is 1. The molecule has 1 aromatic heterocycles. The number of rotatable bonds is 4. The van der Waals surface area contributed by atoms with Crippen molar-refractivity contribution in [3.8, 4) is 17.0 Å². The van der Waals surface area contributed by atoms with Crippen LogP contribution in [0.3, 0.4) is 0 Å². The smallest absolute Gasteiger partial charge is 0.119 e. The minimum atomic E-state index is 0.496. The molecule has 16 heavy (non-hydrogen) atoms. The molecular weight excluding hydrogens is 220 g/mol. The molecule has 0 aliphatic carbocycles. The normalized spacial score (nSPS) is 10.4. The second-order valence-electron chi connectivity index (χ2n) is 3.29. The molecule has 0 aliphatic rings. The summed E-state index contributed by atoms with van der Waals surface area (Å²) in [5, 5.41) is 2.98. The topological polar surface area (TPSA) is 48.1 Å². The molecule has 4 heteroatoms. The van der Waals surface area contributed by atoms with Crippen molar-refractivity contribution in [2.45, 2.75) is 13.5 Å². The van der Waals surface area contributed by atoms with E-state index in [-0.39, 0.29) is 0 Å². The van der Waals surface area contributed by atoms with Crippen molar-refractivity contribution < 1.29 is 4.74 Å². The molecule has 0 saturated carbocycles. The molecule has 0 amide bonds. The Morgan fingerprint density at radius 2 is 2.31 bits per heavy atom. The van der Waals surface area contributed by atoms with Gasteiger partial charge in [-0.15, -0.1) is 11.3 Å². The maximum Gasteiger partial charge on any atom is 0.119 e. The summed E-state index contributed by atoms with van der Waals surface area (Å²) in [6, 6.07) is 7.95. The lowest BCUT2D eigenvalue weighted by Gasteiger charge is -2.03. The van der Waals surface area contributed by atoms with E-state index in [4.69, 9.17) is 10.5 Å². The second kappa shape index (κ2) is 5.09. The van der Waals surface area contributed by atoms with Crippen LogP contribution in [0.1, 0.15) is 11.9 Å². The largest absolute Gasteiger partial charge is 0.494 e. The highest BCUT2D eigenvalue weighted by atomic mass is 32.1. The average Bonchev–Trinajstić information content (AvgIpc) is 2.78. The van der Waals surface area contributed by atoms with E-state index in [1.807, 2.05) is 36.6 Å². The first kappa shape index (κ1) is 11.1. The molecular formula is C12H14N2OS. The van der Waals surface area contributed by atoms with Crippen LogP contribution < -0.4 is 10.5 Å². The van der Waals surface area contributed by atoms with Gasteiger partial charge in [-0.1, -0.05) is 12.1 Å². The third-order valence-electron chi connectivity index (χ3n) is 2.17. The van der Waals surface area contributed by atoms with E-state index in [9.17, 15) is 0 Å². The summed E-state index contributed by atoms with van der Waals surface area (Å²) in [7, 11) is 0. The number of ether oxygens (including phenoxy) is 1. The lowest BCUT2D eigenvalue weighted by Crippen LogP contribution is -1.95. The standard InChI is InChI=1S/C12H14N2OS/c1-2-15-10-5-3-4-9(6-10)11-8-16-12(7-13)14-11/h3-6,8H,2,7,13H2,1H3. The summed E-state index contributed by atoms with van der Waals surface area (Å²) in [5.41, 5.74) is 7.58. The van der Waals surface area contributed by atoms with E-state index in [1.54, 1.807) is 11.3 Å². The fourth-order valence-electron chi connectivity index (χ4n) is 1.45. The highest BCUT2D eigenvalue weighted by Crippen LogP contribution is 2.25. The first-order chi connectivity index (χ1) is 7.83. The highest BCUT2D eigenvalue weighted by molar-refractivity contribution is 7.09. The zero-order chi connectivity index (χ0) is 11.4. The Morgan fingerprint density at radius 1 is 1.44 bits per heavy atom. The Balaban J connectivity index is 2.28. The second-order valence-corrected chi connectivity index (χ2v) is 4.23. The van der Waals surface area contributed by atoms with E-state index in [0.717, 1.165) is 22.0 Å². The lowest BCUT2D eigenvalue weighted by atomic mass is 10.2. The van der Waals surface area contributed by atoms with E-state index < -0.39 is 0 Å². The van der Waals surface area contributed by atoms with E-state index in [1.165, 1.54) is 0 Å². The van der Waals surface area contributed by atoms with Crippen LogP contribution in [-0.4, -0.2) is 11.6 Å². The number of aromatic nitrogens is 1. The number of hydrogen-bond donors (Lipinski definition) is 1. The molecule has 0 fully saturated rings. The Labute approximate surface area is 98.9 Å². The number of nitrogens with zero attached hydrogens (tertiary/aromatic N) is 1. The Kier molecular flexibility index (Phi) is 3.54. The van der Waals surface area contributed by atoms with Gasteiger partial charge in [-0.3, -0.25) is 0 Å². The first-order valence-electron chi connectivity index (χ1n) is 5.21. The monoisotopic (exact) mass is 234 g/mol. The zero-order valence-electron chi connectivity index (χ0n) is 9.14. The zero-order valence-corrected chi connectivity index (χ0v) is 9.96. The third-order valence-corrected chi connectivity index (χ3v) is 3.04. The predicted molar refractivity (Wildman–Crippen MR) is 66.6 cm³/mol. The average molecular weight is 234 g/mol. The Morgan fingerprint density at radius 3 is 3.00 bits per heavy atom.